The molecule has 5 nitrogen and oxygen atoms in total. The number of methoxy groups -OCH3 is 2. The molecule has 0 heterocycles. The van der Waals surface area contributed by atoms with E-state index in [9.17, 15) is 5.11 Å². The zero-order valence-corrected chi connectivity index (χ0v) is 11.7. The Morgan fingerprint density at radius 1 is 1.22 bits per heavy atom. The molecule has 1 aromatic carbocycles. The topological polar surface area (TPSA) is 68.0 Å². The number of hydrogen-bond acceptors (Lipinski definition) is 5. The first kappa shape index (κ1) is 14.4. The van der Waals surface area contributed by atoms with E-state index in [2.05, 4.69) is 0 Å². The Morgan fingerprint density at radius 2 is 1.72 bits per heavy atom. The van der Waals surface area contributed by atoms with Crippen molar-refractivity contribution in [3.05, 3.63) is 12.1 Å². The van der Waals surface area contributed by atoms with E-state index < -0.39 is 5.54 Å². The van der Waals surface area contributed by atoms with Crippen LogP contribution in [-0.4, -0.2) is 38.5 Å². The molecule has 0 atom stereocenters. The van der Waals surface area contributed by atoms with Crippen molar-refractivity contribution in [3.8, 4) is 11.5 Å². The summed E-state index contributed by atoms with van der Waals surface area (Å²) in [5.41, 5.74) is 6.98. The summed E-state index contributed by atoms with van der Waals surface area (Å²) in [6.45, 7) is 3.89. The Morgan fingerprint density at radius 3 is 2.17 bits per heavy atom. The molecule has 1 rings (SSSR count). The summed E-state index contributed by atoms with van der Waals surface area (Å²) in [4.78, 5) is 1.92. The molecule has 1 aromatic rings. The van der Waals surface area contributed by atoms with Gasteiger partial charge in [-0.25, -0.2) is 0 Å². The van der Waals surface area contributed by atoms with Crippen LogP contribution in [0.25, 0.3) is 0 Å². The largest absolute Gasteiger partial charge is 0.493 e. The molecule has 18 heavy (non-hydrogen) atoms. The van der Waals surface area contributed by atoms with E-state index in [0.717, 1.165) is 5.69 Å². The van der Waals surface area contributed by atoms with Crippen LogP contribution in [0.5, 0.6) is 11.5 Å². The lowest BCUT2D eigenvalue weighted by Gasteiger charge is -2.36. The molecule has 0 radical (unpaired) electrons. The van der Waals surface area contributed by atoms with E-state index >= 15 is 0 Å². The van der Waals surface area contributed by atoms with E-state index in [0.29, 0.717) is 17.2 Å². The Balaban J connectivity index is 3.25. The maximum atomic E-state index is 9.41. The van der Waals surface area contributed by atoms with Gasteiger partial charge in [-0.3, -0.25) is 0 Å². The predicted octanol–water partition coefficient (Wildman–Crippen LogP) is 1.49. The molecule has 102 valence electrons. The van der Waals surface area contributed by atoms with Crippen LogP contribution in [0.4, 0.5) is 11.4 Å². The van der Waals surface area contributed by atoms with E-state index in [-0.39, 0.29) is 6.61 Å². The predicted molar refractivity (Wildman–Crippen MR) is 73.5 cm³/mol. The van der Waals surface area contributed by atoms with Crippen molar-refractivity contribution in [2.45, 2.75) is 19.4 Å². The third-order valence-corrected chi connectivity index (χ3v) is 3.19. The Hall–Kier alpha value is -1.62. The van der Waals surface area contributed by atoms with Gasteiger partial charge >= 0.3 is 0 Å². The summed E-state index contributed by atoms with van der Waals surface area (Å²) >= 11 is 0. The first-order valence-corrected chi connectivity index (χ1v) is 5.73. The highest BCUT2D eigenvalue weighted by Crippen LogP contribution is 2.38. The van der Waals surface area contributed by atoms with Crippen molar-refractivity contribution in [2.75, 3.05) is 38.5 Å². The molecule has 0 aliphatic rings. The number of hydrogen-bond donors (Lipinski definition) is 2. The highest BCUT2D eigenvalue weighted by molar-refractivity contribution is 5.73. The minimum atomic E-state index is -0.409. The molecule has 0 fully saturated rings. The lowest BCUT2D eigenvalue weighted by molar-refractivity contribution is 0.216. The van der Waals surface area contributed by atoms with Gasteiger partial charge in [0.05, 0.1) is 37.7 Å². The van der Waals surface area contributed by atoms with E-state index in [1.165, 1.54) is 0 Å². The van der Waals surface area contributed by atoms with Crippen LogP contribution in [0.2, 0.25) is 0 Å². The molecule has 0 unspecified atom stereocenters. The van der Waals surface area contributed by atoms with Crippen molar-refractivity contribution in [3.63, 3.8) is 0 Å². The van der Waals surface area contributed by atoms with Crippen molar-refractivity contribution >= 4 is 11.4 Å². The smallest absolute Gasteiger partial charge is 0.162 e. The number of anilines is 2. The third-order valence-electron chi connectivity index (χ3n) is 3.19. The van der Waals surface area contributed by atoms with Gasteiger partial charge in [-0.15, -0.1) is 0 Å². The number of benzene rings is 1. The summed E-state index contributed by atoms with van der Waals surface area (Å²) in [5, 5.41) is 9.41. The van der Waals surface area contributed by atoms with Crippen LogP contribution < -0.4 is 20.1 Å². The molecular formula is C13H22N2O3. The molecule has 0 aromatic heterocycles. The van der Waals surface area contributed by atoms with Gasteiger partial charge < -0.3 is 25.2 Å². The number of nitrogens with two attached hydrogens (primary N) is 1. The second-order valence-electron chi connectivity index (χ2n) is 4.80. The fraction of sp³-hybridized carbons (Fsp3) is 0.538. The first-order chi connectivity index (χ1) is 8.37. The summed E-state index contributed by atoms with van der Waals surface area (Å²) in [7, 11) is 5.03. The first-order valence-electron chi connectivity index (χ1n) is 5.73. The van der Waals surface area contributed by atoms with Crippen LogP contribution in [0.1, 0.15) is 13.8 Å². The minimum absolute atomic E-state index is 0.0251. The molecule has 0 saturated carbocycles. The van der Waals surface area contributed by atoms with Crippen molar-refractivity contribution < 1.29 is 14.6 Å². The van der Waals surface area contributed by atoms with Crippen LogP contribution in [0, 0.1) is 0 Å². The number of nitrogens with zero attached hydrogens (tertiary/aromatic N) is 1. The molecule has 0 bridgehead atoms. The van der Waals surface area contributed by atoms with Crippen LogP contribution in [0.15, 0.2) is 12.1 Å². The minimum Gasteiger partial charge on any atom is -0.493 e. The Labute approximate surface area is 108 Å². The average Bonchev–Trinajstić information content (AvgIpc) is 2.37. The number of ether oxygens (including phenoxy) is 2. The number of likely N-dealkylation sites (N-methyl/N-ethyl adjacent to an activating group) is 1. The molecule has 0 aliphatic carbocycles. The maximum Gasteiger partial charge on any atom is 0.162 e. The van der Waals surface area contributed by atoms with E-state index in [1.54, 1.807) is 20.3 Å². The second kappa shape index (κ2) is 5.35. The normalized spacial score (nSPS) is 11.2. The average molecular weight is 254 g/mol. The standard InChI is InChI=1S/C13H22N2O3/c1-13(2,8-16)15(3)10-7-12(18-5)11(17-4)6-9(10)14/h6-7,16H,8,14H2,1-5H3. The van der Waals surface area contributed by atoms with E-state index in [4.69, 9.17) is 15.2 Å². The second-order valence-corrected chi connectivity index (χ2v) is 4.80. The Bertz CT molecular complexity index is 419. The quantitative estimate of drug-likeness (QED) is 0.779. The highest BCUT2D eigenvalue weighted by Gasteiger charge is 2.25. The SMILES string of the molecule is COc1cc(N)c(N(C)C(C)(C)CO)cc1OC. The molecule has 3 N–H and O–H groups in total. The van der Waals surface area contributed by atoms with Gasteiger partial charge in [-0.1, -0.05) is 0 Å². The number of rotatable bonds is 5. The van der Waals surface area contributed by atoms with E-state index in [1.807, 2.05) is 31.9 Å². The lowest BCUT2D eigenvalue weighted by Crippen LogP contribution is -2.44. The molecule has 0 amide bonds. The van der Waals surface area contributed by atoms with Crippen molar-refractivity contribution in [1.29, 1.82) is 0 Å². The number of aliphatic hydroxyl groups is 1. The number of nitrogen functional groups attached to an aromatic ring is 1. The van der Waals surface area contributed by atoms with Crippen molar-refractivity contribution in [1.82, 2.24) is 0 Å². The lowest BCUT2D eigenvalue weighted by atomic mass is 10.0. The van der Waals surface area contributed by atoms with Crippen molar-refractivity contribution in [2.24, 2.45) is 0 Å². The zero-order chi connectivity index (χ0) is 13.9. The molecule has 0 spiro atoms. The fourth-order valence-corrected chi connectivity index (χ4v) is 1.61. The third kappa shape index (κ3) is 2.61. The van der Waals surface area contributed by atoms with Gasteiger partial charge in [0, 0.05) is 19.2 Å². The fourth-order valence-electron chi connectivity index (χ4n) is 1.61. The van der Waals surface area contributed by atoms with Crippen LogP contribution >= 0.6 is 0 Å². The van der Waals surface area contributed by atoms with Gasteiger partial charge in [-0.05, 0) is 13.8 Å². The number of aliphatic hydroxyl groups excluding tert-OH is 1. The van der Waals surface area contributed by atoms with Gasteiger partial charge in [0.2, 0.25) is 0 Å². The summed E-state index contributed by atoms with van der Waals surface area (Å²) in [5.74, 6) is 1.20. The van der Waals surface area contributed by atoms with Crippen LogP contribution in [-0.2, 0) is 0 Å². The van der Waals surface area contributed by atoms with Gasteiger partial charge in [0.1, 0.15) is 0 Å². The monoisotopic (exact) mass is 254 g/mol. The summed E-state index contributed by atoms with van der Waals surface area (Å²) < 4.78 is 10.4. The molecule has 5 heteroatoms. The zero-order valence-electron chi connectivity index (χ0n) is 11.7. The molecule has 0 aliphatic heterocycles. The highest BCUT2D eigenvalue weighted by atomic mass is 16.5. The Kier molecular flexibility index (Phi) is 4.29. The van der Waals surface area contributed by atoms with Gasteiger partial charge in [0.25, 0.3) is 0 Å². The molecular weight excluding hydrogens is 232 g/mol. The summed E-state index contributed by atoms with van der Waals surface area (Å²) in [6.07, 6.45) is 0. The van der Waals surface area contributed by atoms with Gasteiger partial charge in [-0.2, -0.15) is 0 Å². The molecule has 0 saturated heterocycles. The maximum absolute atomic E-state index is 9.41. The van der Waals surface area contributed by atoms with Gasteiger partial charge in [0.15, 0.2) is 11.5 Å². The van der Waals surface area contributed by atoms with Crippen LogP contribution in [0.3, 0.4) is 0 Å². The summed E-state index contributed by atoms with van der Waals surface area (Å²) in [6, 6.07) is 3.53.